The highest BCUT2D eigenvalue weighted by molar-refractivity contribution is 9.10. The van der Waals surface area contributed by atoms with Gasteiger partial charge < -0.3 is 10.1 Å². The van der Waals surface area contributed by atoms with E-state index >= 15 is 0 Å². The van der Waals surface area contributed by atoms with Crippen molar-refractivity contribution >= 4 is 26.7 Å². The monoisotopic (exact) mass is 239 g/mol. The van der Waals surface area contributed by atoms with Crippen LogP contribution in [0.5, 0.6) is 5.75 Å². The van der Waals surface area contributed by atoms with Crippen molar-refractivity contribution in [3.8, 4) is 5.75 Å². The number of hydrogen-bond donors (Lipinski definition) is 2. The van der Waals surface area contributed by atoms with Gasteiger partial charge in [0.2, 0.25) is 0 Å². The van der Waals surface area contributed by atoms with Crippen molar-refractivity contribution in [2.75, 3.05) is 0 Å². The molecule has 3 nitrogen and oxygen atoms in total. The second-order valence-electron chi connectivity index (χ2n) is 2.67. The van der Waals surface area contributed by atoms with Gasteiger partial charge in [-0.3, -0.25) is 4.79 Å². The van der Waals surface area contributed by atoms with Gasteiger partial charge in [0, 0.05) is 6.20 Å². The van der Waals surface area contributed by atoms with Crippen LogP contribution in [0.25, 0.3) is 10.8 Å². The van der Waals surface area contributed by atoms with Crippen molar-refractivity contribution in [3.05, 3.63) is 39.2 Å². The summed E-state index contributed by atoms with van der Waals surface area (Å²) < 4.78 is 0.437. The van der Waals surface area contributed by atoms with Gasteiger partial charge in [0.15, 0.2) is 0 Å². The lowest BCUT2D eigenvalue weighted by molar-refractivity contribution is 0.473. The molecule has 0 spiro atoms. The Hall–Kier alpha value is -1.29. The molecule has 0 unspecified atom stereocenters. The van der Waals surface area contributed by atoms with Crippen LogP contribution in [-0.2, 0) is 0 Å². The Morgan fingerprint density at radius 3 is 2.85 bits per heavy atom. The highest BCUT2D eigenvalue weighted by atomic mass is 79.9. The highest BCUT2D eigenvalue weighted by Gasteiger charge is 2.06. The average Bonchev–Trinajstić information content (AvgIpc) is 2.12. The standard InChI is InChI=1S/C9H6BrNO2/c10-8-6(12)2-1-5-3-4-11-9(13)7(5)8/h1-4,12H,(H,11,13). The minimum atomic E-state index is -0.208. The highest BCUT2D eigenvalue weighted by Crippen LogP contribution is 2.29. The molecule has 0 saturated heterocycles. The molecule has 0 aliphatic rings. The van der Waals surface area contributed by atoms with E-state index in [1.165, 1.54) is 0 Å². The molecule has 2 rings (SSSR count). The van der Waals surface area contributed by atoms with Gasteiger partial charge in [0.05, 0.1) is 9.86 Å². The minimum Gasteiger partial charge on any atom is -0.507 e. The van der Waals surface area contributed by atoms with Gasteiger partial charge in [0.25, 0.3) is 5.56 Å². The fraction of sp³-hybridized carbons (Fsp3) is 0. The largest absolute Gasteiger partial charge is 0.507 e. The maximum Gasteiger partial charge on any atom is 0.257 e. The first-order valence-corrected chi connectivity index (χ1v) is 4.48. The molecule has 1 heterocycles. The number of hydrogen-bond acceptors (Lipinski definition) is 2. The molecule has 0 aliphatic carbocycles. The fourth-order valence-electron chi connectivity index (χ4n) is 1.23. The summed E-state index contributed by atoms with van der Waals surface area (Å²) >= 11 is 3.16. The van der Waals surface area contributed by atoms with Crippen LogP contribution < -0.4 is 5.56 Å². The molecule has 1 aromatic carbocycles. The van der Waals surface area contributed by atoms with E-state index in [0.29, 0.717) is 9.86 Å². The zero-order valence-corrected chi connectivity index (χ0v) is 8.13. The van der Waals surface area contributed by atoms with Crippen molar-refractivity contribution in [2.45, 2.75) is 0 Å². The molecule has 0 fully saturated rings. The number of rotatable bonds is 0. The van der Waals surface area contributed by atoms with Crippen LogP contribution in [0.15, 0.2) is 33.7 Å². The molecule has 66 valence electrons. The number of aromatic amines is 1. The predicted octanol–water partition coefficient (Wildman–Crippen LogP) is 2.00. The van der Waals surface area contributed by atoms with Gasteiger partial charge in [0.1, 0.15) is 5.75 Å². The van der Waals surface area contributed by atoms with Crippen LogP contribution in [0.4, 0.5) is 0 Å². The molecule has 0 radical (unpaired) electrons. The maximum absolute atomic E-state index is 11.4. The Kier molecular flexibility index (Phi) is 1.84. The first kappa shape index (κ1) is 8.31. The number of phenols is 1. The Labute approximate surface area is 82.2 Å². The van der Waals surface area contributed by atoms with E-state index in [0.717, 1.165) is 5.39 Å². The van der Waals surface area contributed by atoms with Crippen molar-refractivity contribution < 1.29 is 5.11 Å². The number of aromatic hydroxyl groups is 1. The van der Waals surface area contributed by atoms with E-state index in [2.05, 4.69) is 20.9 Å². The average molecular weight is 240 g/mol. The SMILES string of the molecule is O=c1[nH]ccc2ccc(O)c(Br)c12. The number of H-pyrrole nitrogens is 1. The van der Waals surface area contributed by atoms with Crippen molar-refractivity contribution in [1.82, 2.24) is 4.98 Å². The summed E-state index contributed by atoms with van der Waals surface area (Å²) in [6, 6.07) is 5.03. The van der Waals surface area contributed by atoms with Crippen LogP contribution >= 0.6 is 15.9 Å². The summed E-state index contributed by atoms with van der Waals surface area (Å²) in [4.78, 5) is 13.9. The number of phenolic OH excluding ortho intramolecular Hbond substituents is 1. The lowest BCUT2D eigenvalue weighted by Crippen LogP contribution is -2.04. The first-order valence-electron chi connectivity index (χ1n) is 3.69. The molecule has 4 heteroatoms. The summed E-state index contributed by atoms with van der Waals surface area (Å²) in [6.45, 7) is 0. The quantitative estimate of drug-likeness (QED) is 0.739. The normalized spacial score (nSPS) is 10.5. The molecule has 0 aliphatic heterocycles. The lowest BCUT2D eigenvalue weighted by Gasteiger charge is -2.00. The Balaban J connectivity index is 3.06. The van der Waals surface area contributed by atoms with Gasteiger partial charge in [-0.2, -0.15) is 0 Å². The molecule has 0 amide bonds. The predicted molar refractivity (Wildman–Crippen MR) is 53.9 cm³/mol. The van der Waals surface area contributed by atoms with Crippen LogP contribution in [0.2, 0.25) is 0 Å². The van der Waals surface area contributed by atoms with Gasteiger partial charge in [-0.25, -0.2) is 0 Å². The van der Waals surface area contributed by atoms with E-state index in [1.807, 2.05) is 0 Å². The second-order valence-corrected chi connectivity index (χ2v) is 3.46. The zero-order chi connectivity index (χ0) is 9.42. The van der Waals surface area contributed by atoms with Crippen molar-refractivity contribution in [3.63, 3.8) is 0 Å². The van der Waals surface area contributed by atoms with E-state index in [-0.39, 0.29) is 11.3 Å². The van der Waals surface area contributed by atoms with E-state index < -0.39 is 0 Å². The van der Waals surface area contributed by atoms with Gasteiger partial charge in [-0.1, -0.05) is 6.07 Å². The summed E-state index contributed by atoms with van der Waals surface area (Å²) in [5, 5.41) is 10.6. The van der Waals surface area contributed by atoms with Gasteiger partial charge in [-0.05, 0) is 33.4 Å². The minimum absolute atomic E-state index is 0.0733. The van der Waals surface area contributed by atoms with E-state index in [1.54, 1.807) is 24.4 Å². The fourth-order valence-corrected chi connectivity index (χ4v) is 1.77. The number of benzene rings is 1. The Bertz CT molecular complexity index is 518. The molecular formula is C9H6BrNO2. The third kappa shape index (κ3) is 1.23. The second kappa shape index (κ2) is 2.88. The summed E-state index contributed by atoms with van der Waals surface area (Å²) in [5.41, 5.74) is -0.208. The van der Waals surface area contributed by atoms with Crippen molar-refractivity contribution in [1.29, 1.82) is 0 Å². The molecule has 0 atom stereocenters. The Morgan fingerprint density at radius 2 is 2.08 bits per heavy atom. The Morgan fingerprint density at radius 1 is 1.31 bits per heavy atom. The lowest BCUT2D eigenvalue weighted by atomic mass is 10.2. The van der Waals surface area contributed by atoms with Crippen LogP contribution in [0.1, 0.15) is 0 Å². The number of pyridine rings is 1. The summed E-state index contributed by atoms with van der Waals surface area (Å²) in [7, 11) is 0. The van der Waals surface area contributed by atoms with E-state index in [4.69, 9.17) is 0 Å². The van der Waals surface area contributed by atoms with Gasteiger partial charge >= 0.3 is 0 Å². The van der Waals surface area contributed by atoms with Crippen LogP contribution in [0, 0.1) is 0 Å². The third-order valence-corrected chi connectivity index (χ3v) is 2.66. The first-order chi connectivity index (χ1) is 6.20. The topological polar surface area (TPSA) is 53.1 Å². The van der Waals surface area contributed by atoms with Crippen LogP contribution in [0.3, 0.4) is 0 Å². The molecule has 1 aromatic heterocycles. The molecule has 2 aromatic rings. The number of nitrogens with one attached hydrogen (secondary N) is 1. The smallest absolute Gasteiger partial charge is 0.257 e. The zero-order valence-electron chi connectivity index (χ0n) is 6.54. The molecular weight excluding hydrogens is 234 g/mol. The summed E-state index contributed by atoms with van der Waals surface area (Å²) in [5.74, 6) is 0.0733. The molecule has 0 saturated carbocycles. The number of fused-ring (bicyclic) bond motifs is 1. The van der Waals surface area contributed by atoms with Crippen molar-refractivity contribution in [2.24, 2.45) is 0 Å². The maximum atomic E-state index is 11.4. The van der Waals surface area contributed by atoms with Gasteiger partial charge in [-0.15, -0.1) is 0 Å². The molecule has 0 bridgehead atoms. The number of aromatic nitrogens is 1. The third-order valence-electron chi connectivity index (χ3n) is 1.86. The van der Waals surface area contributed by atoms with E-state index in [9.17, 15) is 9.90 Å². The summed E-state index contributed by atoms with van der Waals surface area (Å²) in [6.07, 6.45) is 1.58. The van der Waals surface area contributed by atoms with Crippen LogP contribution in [-0.4, -0.2) is 10.1 Å². The molecule has 13 heavy (non-hydrogen) atoms. The molecule has 2 N–H and O–H groups in total. The number of halogens is 1.